The second-order valence-electron chi connectivity index (χ2n) is 5.34. The van der Waals surface area contributed by atoms with E-state index in [-0.39, 0.29) is 0 Å². The monoisotopic (exact) mass is 181 g/mol. The lowest BCUT2D eigenvalue weighted by molar-refractivity contribution is -0.00606. The smallest absolute Gasteiger partial charge is 0.0717 e. The highest BCUT2D eigenvalue weighted by molar-refractivity contribution is 5.10. The minimum absolute atomic E-state index is 0.554. The Hall–Kier alpha value is -0.0800. The Kier molecular flexibility index (Phi) is 1.58. The number of ether oxygens (including phenoxy) is 1. The Labute approximate surface area is 80.2 Å². The lowest BCUT2D eigenvalue weighted by atomic mass is 9.92. The van der Waals surface area contributed by atoms with Crippen molar-refractivity contribution in [1.82, 2.24) is 4.90 Å². The van der Waals surface area contributed by atoms with Crippen LogP contribution in [0.3, 0.4) is 0 Å². The fourth-order valence-corrected chi connectivity index (χ4v) is 3.13. The molecule has 1 aliphatic carbocycles. The molecule has 0 radical (unpaired) electrons. The molecule has 1 spiro atoms. The third kappa shape index (κ3) is 1.08. The van der Waals surface area contributed by atoms with Crippen LogP contribution < -0.4 is 0 Å². The average Bonchev–Trinajstić information content (AvgIpc) is 2.78. The van der Waals surface area contributed by atoms with E-state index in [0.29, 0.717) is 17.6 Å². The normalized spacial score (nSPS) is 41.8. The zero-order valence-corrected chi connectivity index (χ0v) is 8.62. The van der Waals surface area contributed by atoms with Gasteiger partial charge in [0.2, 0.25) is 0 Å². The standard InChI is InChI=1S/C11H19NO/c1-8(2)12-6-9-5-10(12)11(3-4-11)7-13-9/h8-10H,3-7H2,1-2H3. The zero-order valence-electron chi connectivity index (χ0n) is 8.62. The third-order valence-corrected chi connectivity index (χ3v) is 4.17. The van der Waals surface area contributed by atoms with E-state index in [2.05, 4.69) is 18.7 Å². The topological polar surface area (TPSA) is 12.5 Å². The van der Waals surface area contributed by atoms with E-state index in [4.69, 9.17) is 4.74 Å². The van der Waals surface area contributed by atoms with Crippen molar-refractivity contribution >= 4 is 0 Å². The van der Waals surface area contributed by atoms with Crippen molar-refractivity contribution in [1.29, 1.82) is 0 Å². The van der Waals surface area contributed by atoms with Crippen molar-refractivity contribution < 1.29 is 4.74 Å². The predicted molar refractivity (Wildman–Crippen MR) is 51.7 cm³/mol. The maximum absolute atomic E-state index is 5.89. The van der Waals surface area contributed by atoms with Crippen molar-refractivity contribution in [3.05, 3.63) is 0 Å². The van der Waals surface area contributed by atoms with E-state index in [1.807, 2.05) is 0 Å². The number of rotatable bonds is 1. The highest BCUT2D eigenvalue weighted by atomic mass is 16.5. The van der Waals surface area contributed by atoms with Gasteiger partial charge in [-0.3, -0.25) is 4.90 Å². The minimum Gasteiger partial charge on any atom is -0.376 e. The van der Waals surface area contributed by atoms with Gasteiger partial charge in [-0.25, -0.2) is 0 Å². The van der Waals surface area contributed by atoms with E-state index in [9.17, 15) is 0 Å². The molecule has 2 heteroatoms. The fraction of sp³-hybridized carbons (Fsp3) is 1.00. The quantitative estimate of drug-likeness (QED) is 0.610. The van der Waals surface area contributed by atoms with Gasteiger partial charge in [-0.15, -0.1) is 0 Å². The Morgan fingerprint density at radius 1 is 1.38 bits per heavy atom. The SMILES string of the molecule is CC(C)N1CC2CC1C1(CC1)CO2. The van der Waals surface area contributed by atoms with Crippen LogP contribution in [-0.2, 0) is 4.74 Å². The largest absolute Gasteiger partial charge is 0.376 e. The molecule has 2 saturated heterocycles. The second-order valence-corrected chi connectivity index (χ2v) is 5.34. The van der Waals surface area contributed by atoms with Gasteiger partial charge in [0.05, 0.1) is 12.7 Å². The Balaban J connectivity index is 1.85. The van der Waals surface area contributed by atoms with E-state index in [0.717, 1.165) is 12.6 Å². The summed E-state index contributed by atoms with van der Waals surface area (Å²) in [4.78, 5) is 2.67. The van der Waals surface area contributed by atoms with Gasteiger partial charge in [0, 0.05) is 24.0 Å². The van der Waals surface area contributed by atoms with Gasteiger partial charge in [0.15, 0.2) is 0 Å². The van der Waals surface area contributed by atoms with Crippen molar-refractivity contribution in [2.75, 3.05) is 13.2 Å². The van der Waals surface area contributed by atoms with E-state index >= 15 is 0 Å². The van der Waals surface area contributed by atoms with Gasteiger partial charge in [-0.2, -0.15) is 0 Å². The number of fused-ring (bicyclic) bond motifs is 3. The minimum atomic E-state index is 0.554. The number of nitrogens with zero attached hydrogens (tertiary/aromatic N) is 1. The van der Waals surface area contributed by atoms with Gasteiger partial charge in [0.1, 0.15) is 0 Å². The molecule has 2 nitrogen and oxygen atoms in total. The molecule has 0 aromatic carbocycles. The van der Waals surface area contributed by atoms with Crippen molar-refractivity contribution in [2.45, 2.75) is 51.3 Å². The van der Waals surface area contributed by atoms with Crippen LogP contribution in [0, 0.1) is 5.41 Å². The number of likely N-dealkylation sites (tertiary alicyclic amines) is 1. The summed E-state index contributed by atoms with van der Waals surface area (Å²) >= 11 is 0. The molecular weight excluding hydrogens is 162 g/mol. The van der Waals surface area contributed by atoms with Crippen LogP contribution in [0.4, 0.5) is 0 Å². The summed E-state index contributed by atoms with van der Waals surface area (Å²) in [6.45, 7) is 6.86. The van der Waals surface area contributed by atoms with Gasteiger partial charge in [-0.1, -0.05) is 0 Å². The first-order valence-corrected chi connectivity index (χ1v) is 5.59. The molecular formula is C11H19NO. The molecule has 2 unspecified atom stereocenters. The van der Waals surface area contributed by atoms with Crippen LogP contribution in [0.25, 0.3) is 0 Å². The average molecular weight is 181 g/mol. The summed E-state index contributed by atoms with van der Waals surface area (Å²) in [5.41, 5.74) is 0.595. The maximum atomic E-state index is 5.89. The molecule has 13 heavy (non-hydrogen) atoms. The third-order valence-electron chi connectivity index (χ3n) is 4.17. The highest BCUT2D eigenvalue weighted by Crippen LogP contribution is 2.56. The Bertz CT molecular complexity index is 220. The van der Waals surface area contributed by atoms with Gasteiger partial charge < -0.3 is 4.74 Å². The van der Waals surface area contributed by atoms with Crippen LogP contribution in [-0.4, -0.2) is 36.2 Å². The first kappa shape index (κ1) is 8.25. The Morgan fingerprint density at radius 3 is 2.77 bits per heavy atom. The molecule has 0 N–H and O–H groups in total. The first-order valence-electron chi connectivity index (χ1n) is 5.59. The van der Waals surface area contributed by atoms with Crippen molar-refractivity contribution in [2.24, 2.45) is 5.41 Å². The molecule has 3 fully saturated rings. The molecule has 3 rings (SSSR count). The molecule has 2 heterocycles. The zero-order chi connectivity index (χ0) is 9.05. The molecule has 2 bridgehead atoms. The summed E-state index contributed by atoms with van der Waals surface area (Å²) < 4.78 is 5.89. The lowest BCUT2D eigenvalue weighted by Gasteiger charge is -2.34. The van der Waals surface area contributed by atoms with Gasteiger partial charge in [-0.05, 0) is 33.1 Å². The van der Waals surface area contributed by atoms with E-state index in [1.54, 1.807) is 0 Å². The lowest BCUT2D eigenvalue weighted by Crippen LogP contribution is -2.42. The summed E-state index contributed by atoms with van der Waals surface area (Å²) in [5, 5.41) is 0. The number of hydrogen-bond donors (Lipinski definition) is 0. The fourth-order valence-electron chi connectivity index (χ4n) is 3.13. The van der Waals surface area contributed by atoms with Crippen LogP contribution in [0.2, 0.25) is 0 Å². The first-order chi connectivity index (χ1) is 6.21. The molecule has 3 aliphatic rings. The molecule has 2 atom stereocenters. The molecule has 0 amide bonds. The maximum Gasteiger partial charge on any atom is 0.0717 e. The summed E-state index contributed by atoms with van der Waals surface area (Å²) in [7, 11) is 0. The molecule has 1 saturated carbocycles. The summed E-state index contributed by atoms with van der Waals surface area (Å²) in [6.07, 6.45) is 4.68. The highest BCUT2D eigenvalue weighted by Gasteiger charge is 2.58. The summed E-state index contributed by atoms with van der Waals surface area (Å²) in [6, 6.07) is 1.56. The molecule has 74 valence electrons. The number of hydrogen-bond acceptors (Lipinski definition) is 2. The van der Waals surface area contributed by atoms with E-state index in [1.165, 1.54) is 25.8 Å². The van der Waals surface area contributed by atoms with E-state index < -0.39 is 0 Å². The van der Waals surface area contributed by atoms with Crippen molar-refractivity contribution in [3.8, 4) is 0 Å². The molecule has 0 aromatic rings. The second kappa shape index (κ2) is 2.48. The van der Waals surface area contributed by atoms with Crippen LogP contribution in [0.15, 0.2) is 0 Å². The Morgan fingerprint density at radius 2 is 2.15 bits per heavy atom. The summed E-state index contributed by atoms with van der Waals surface area (Å²) in [5.74, 6) is 0. The van der Waals surface area contributed by atoms with Gasteiger partial charge in [0.25, 0.3) is 0 Å². The van der Waals surface area contributed by atoms with Crippen LogP contribution in [0.5, 0.6) is 0 Å². The van der Waals surface area contributed by atoms with Gasteiger partial charge >= 0.3 is 0 Å². The van der Waals surface area contributed by atoms with Crippen molar-refractivity contribution in [3.63, 3.8) is 0 Å². The predicted octanol–water partition coefficient (Wildman–Crippen LogP) is 1.65. The van der Waals surface area contributed by atoms with Crippen LogP contribution >= 0.6 is 0 Å². The van der Waals surface area contributed by atoms with Crippen LogP contribution in [0.1, 0.15) is 33.1 Å². The molecule has 2 aliphatic heterocycles. The molecule has 0 aromatic heterocycles.